The topological polar surface area (TPSA) is 24.9 Å². The first-order valence-electron chi connectivity index (χ1n) is 6.97. The smallest absolute Gasteiger partial charge is 0.103 e. The molecule has 1 N–H and O–H groups in total. The van der Waals surface area contributed by atoms with Crippen LogP contribution >= 0.6 is 23.1 Å². The van der Waals surface area contributed by atoms with Gasteiger partial charge in [0.15, 0.2) is 0 Å². The molecule has 2 rings (SSSR count). The van der Waals surface area contributed by atoms with E-state index >= 15 is 0 Å². The highest BCUT2D eigenvalue weighted by atomic mass is 32.2. The second kappa shape index (κ2) is 7.81. The Morgan fingerprint density at radius 2 is 2.00 bits per heavy atom. The van der Waals surface area contributed by atoms with Gasteiger partial charge in [-0.05, 0) is 12.7 Å². The number of thioether (sulfide) groups is 1. The van der Waals surface area contributed by atoms with Crippen molar-refractivity contribution >= 4 is 23.1 Å². The molecule has 1 heterocycles. The van der Waals surface area contributed by atoms with E-state index in [9.17, 15) is 0 Å². The van der Waals surface area contributed by atoms with Gasteiger partial charge in [0.05, 0.1) is 5.69 Å². The number of hydrogen-bond acceptors (Lipinski definition) is 4. The number of hydrogen-bond donors (Lipinski definition) is 1. The molecule has 0 amide bonds. The maximum atomic E-state index is 4.84. The van der Waals surface area contributed by atoms with E-state index in [-0.39, 0.29) is 0 Å². The SMILES string of the molecule is CSCc1nc(-c2ccccc2)c(CCNC(C)C)s1. The summed E-state index contributed by atoms with van der Waals surface area (Å²) >= 11 is 3.69. The van der Waals surface area contributed by atoms with Crippen molar-refractivity contribution in [3.8, 4) is 11.3 Å². The summed E-state index contributed by atoms with van der Waals surface area (Å²) in [7, 11) is 0. The maximum absolute atomic E-state index is 4.84. The van der Waals surface area contributed by atoms with Gasteiger partial charge in [-0.25, -0.2) is 4.98 Å². The lowest BCUT2D eigenvalue weighted by Gasteiger charge is -2.07. The van der Waals surface area contributed by atoms with Crippen molar-refractivity contribution in [1.29, 1.82) is 0 Å². The first kappa shape index (κ1) is 15.5. The third-order valence-electron chi connectivity index (χ3n) is 2.96. The van der Waals surface area contributed by atoms with Gasteiger partial charge in [-0.2, -0.15) is 11.8 Å². The van der Waals surface area contributed by atoms with Gasteiger partial charge in [0.1, 0.15) is 5.01 Å². The molecule has 0 atom stereocenters. The van der Waals surface area contributed by atoms with Crippen LogP contribution in [0.3, 0.4) is 0 Å². The van der Waals surface area contributed by atoms with Crippen LogP contribution in [-0.4, -0.2) is 23.8 Å². The lowest BCUT2D eigenvalue weighted by atomic mass is 10.1. The van der Waals surface area contributed by atoms with E-state index in [4.69, 9.17) is 4.98 Å². The fourth-order valence-corrected chi connectivity index (χ4v) is 3.84. The van der Waals surface area contributed by atoms with E-state index < -0.39 is 0 Å². The Morgan fingerprint density at radius 1 is 1.25 bits per heavy atom. The molecule has 1 aromatic heterocycles. The number of nitrogens with one attached hydrogen (secondary N) is 1. The molecule has 2 nitrogen and oxygen atoms in total. The van der Waals surface area contributed by atoms with Gasteiger partial charge >= 0.3 is 0 Å². The number of benzene rings is 1. The maximum Gasteiger partial charge on any atom is 0.103 e. The van der Waals surface area contributed by atoms with Crippen molar-refractivity contribution < 1.29 is 0 Å². The molecule has 108 valence electrons. The first-order valence-corrected chi connectivity index (χ1v) is 9.18. The third-order valence-corrected chi connectivity index (χ3v) is 4.82. The number of aromatic nitrogens is 1. The number of thiazole rings is 1. The van der Waals surface area contributed by atoms with Gasteiger partial charge in [0.2, 0.25) is 0 Å². The first-order chi connectivity index (χ1) is 9.70. The molecule has 0 fully saturated rings. The molecule has 4 heteroatoms. The Kier molecular flexibility index (Phi) is 6.07. The van der Waals surface area contributed by atoms with E-state index in [1.807, 2.05) is 23.1 Å². The summed E-state index contributed by atoms with van der Waals surface area (Å²) in [4.78, 5) is 6.23. The van der Waals surface area contributed by atoms with E-state index in [0.717, 1.165) is 18.7 Å². The quantitative estimate of drug-likeness (QED) is 0.829. The molecule has 0 spiro atoms. The van der Waals surface area contributed by atoms with Crippen molar-refractivity contribution in [2.45, 2.75) is 32.1 Å². The van der Waals surface area contributed by atoms with Crippen LogP contribution in [0.5, 0.6) is 0 Å². The van der Waals surface area contributed by atoms with Crippen molar-refractivity contribution in [2.24, 2.45) is 0 Å². The Balaban J connectivity index is 2.19. The third kappa shape index (κ3) is 4.33. The van der Waals surface area contributed by atoms with E-state index in [0.29, 0.717) is 6.04 Å². The average Bonchev–Trinajstić information content (AvgIpc) is 2.83. The van der Waals surface area contributed by atoms with Crippen LogP contribution in [0.25, 0.3) is 11.3 Å². The standard InChI is InChI=1S/C16H22N2S2/c1-12(2)17-10-9-14-16(13-7-5-4-6-8-13)18-15(20-14)11-19-3/h4-8,12,17H,9-11H2,1-3H3. The molecule has 2 aromatic rings. The Morgan fingerprint density at radius 3 is 2.65 bits per heavy atom. The monoisotopic (exact) mass is 306 g/mol. The normalized spacial score (nSPS) is 11.2. The Labute approximate surface area is 130 Å². The van der Waals surface area contributed by atoms with Crippen LogP contribution in [-0.2, 0) is 12.2 Å². The van der Waals surface area contributed by atoms with Crippen molar-refractivity contribution in [2.75, 3.05) is 12.8 Å². The predicted octanol–water partition coefficient (Wildman–Crippen LogP) is 4.21. The van der Waals surface area contributed by atoms with Gasteiger partial charge in [-0.1, -0.05) is 44.2 Å². The van der Waals surface area contributed by atoms with Crippen LogP contribution in [0.2, 0.25) is 0 Å². The minimum absolute atomic E-state index is 0.536. The van der Waals surface area contributed by atoms with E-state index in [1.165, 1.54) is 21.1 Å². The summed E-state index contributed by atoms with van der Waals surface area (Å²) in [6, 6.07) is 11.1. The summed E-state index contributed by atoms with van der Waals surface area (Å²) in [5.41, 5.74) is 2.40. The second-order valence-corrected chi connectivity index (χ2v) is 7.07. The summed E-state index contributed by atoms with van der Waals surface area (Å²) in [6.45, 7) is 5.38. The van der Waals surface area contributed by atoms with Gasteiger partial charge in [0.25, 0.3) is 0 Å². The zero-order valence-corrected chi connectivity index (χ0v) is 14.0. The zero-order chi connectivity index (χ0) is 14.4. The van der Waals surface area contributed by atoms with Crippen molar-refractivity contribution in [3.05, 3.63) is 40.2 Å². The van der Waals surface area contributed by atoms with E-state index in [1.54, 1.807) is 0 Å². The zero-order valence-electron chi connectivity index (χ0n) is 12.3. The fourth-order valence-electron chi connectivity index (χ4n) is 2.05. The molecule has 0 aliphatic rings. The fraction of sp³-hybridized carbons (Fsp3) is 0.438. The average molecular weight is 307 g/mol. The van der Waals surface area contributed by atoms with Crippen LogP contribution in [0.1, 0.15) is 23.7 Å². The molecule has 0 radical (unpaired) electrons. The summed E-state index contributed by atoms with van der Waals surface area (Å²) in [5.74, 6) is 1.00. The summed E-state index contributed by atoms with van der Waals surface area (Å²) in [6.07, 6.45) is 3.18. The molecule has 1 aromatic carbocycles. The lowest BCUT2D eigenvalue weighted by molar-refractivity contribution is 0.592. The highest BCUT2D eigenvalue weighted by Crippen LogP contribution is 2.30. The minimum Gasteiger partial charge on any atom is -0.314 e. The summed E-state index contributed by atoms with van der Waals surface area (Å²) in [5, 5.41) is 4.72. The lowest BCUT2D eigenvalue weighted by Crippen LogP contribution is -2.24. The van der Waals surface area contributed by atoms with E-state index in [2.05, 4.69) is 55.8 Å². The molecular formula is C16H22N2S2. The van der Waals surface area contributed by atoms with Crippen LogP contribution in [0, 0.1) is 0 Å². The molecule has 0 unspecified atom stereocenters. The minimum atomic E-state index is 0.536. The summed E-state index contributed by atoms with van der Waals surface area (Å²) < 4.78 is 0. The molecule has 0 aliphatic carbocycles. The highest BCUT2D eigenvalue weighted by molar-refractivity contribution is 7.97. The Bertz CT molecular complexity index is 521. The molecule has 0 saturated heterocycles. The number of nitrogens with zero attached hydrogens (tertiary/aromatic N) is 1. The van der Waals surface area contributed by atoms with Gasteiger partial charge in [0, 0.05) is 28.8 Å². The molecular weight excluding hydrogens is 284 g/mol. The highest BCUT2D eigenvalue weighted by Gasteiger charge is 2.12. The van der Waals surface area contributed by atoms with Crippen LogP contribution in [0.15, 0.2) is 30.3 Å². The Hall–Kier alpha value is -0.840. The largest absolute Gasteiger partial charge is 0.314 e. The molecule has 0 aliphatic heterocycles. The molecule has 0 bridgehead atoms. The predicted molar refractivity (Wildman–Crippen MR) is 91.6 cm³/mol. The van der Waals surface area contributed by atoms with Crippen LogP contribution in [0.4, 0.5) is 0 Å². The molecule has 20 heavy (non-hydrogen) atoms. The van der Waals surface area contributed by atoms with Gasteiger partial charge in [-0.3, -0.25) is 0 Å². The van der Waals surface area contributed by atoms with Gasteiger partial charge < -0.3 is 5.32 Å². The molecule has 0 saturated carbocycles. The van der Waals surface area contributed by atoms with Crippen molar-refractivity contribution in [1.82, 2.24) is 10.3 Å². The second-order valence-electron chi connectivity index (χ2n) is 5.04. The van der Waals surface area contributed by atoms with Crippen LogP contribution < -0.4 is 5.32 Å². The van der Waals surface area contributed by atoms with Gasteiger partial charge in [-0.15, -0.1) is 11.3 Å². The number of rotatable bonds is 7. The van der Waals surface area contributed by atoms with Crippen molar-refractivity contribution in [3.63, 3.8) is 0 Å².